The summed E-state index contributed by atoms with van der Waals surface area (Å²) in [5, 5.41) is 7.93. The van der Waals surface area contributed by atoms with Gasteiger partial charge in [0.15, 0.2) is 0 Å². The number of hydrogen-bond acceptors (Lipinski definition) is 5. The van der Waals surface area contributed by atoms with Gasteiger partial charge in [0.05, 0.1) is 41.2 Å². The Morgan fingerprint density at radius 2 is 1.90 bits per heavy atom. The lowest BCUT2D eigenvalue weighted by atomic mass is 10.2. The van der Waals surface area contributed by atoms with Crippen LogP contribution in [0.1, 0.15) is 50.1 Å². The van der Waals surface area contributed by atoms with Gasteiger partial charge >= 0.3 is 0 Å². The smallest absolute Gasteiger partial charge is 0.260 e. The number of hydrogen-bond donors (Lipinski definition) is 1. The third-order valence-corrected chi connectivity index (χ3v) is 4.69. The van der Waals surface area contributed by atoms with Gasteiger partial charge in [-0.15, -0.1) is 0 Å². The second-order valence-electron chi connectivity index (χ2n) is 7.50. The van der Waals surface area contributed by atoms with Crippen molar-refractivity contribution in [1.29, 1.82) is 0 Å². The number of carbonyl (C=O) groups is 1. The largest absolute Gasteiger partial charge is 0.327 e. The van der Waals surface area contributed by atoms with Gasteiger partial charge in [0.1, 0.15) is 5.82 Å². The first-order valence-electron chi connectivity index (χ1n) is 9.57. The molecule has 0 saturated carbocycles. The quantitative estimate of drug-likeness (QED) is 0.555. The fourth-order valence-electron chi connectivity index (χ4n) is 3.07. The van der Waals surface area contributed by atoms with E-state index in [1.807, 2.05) is 32.2 Å². The first-order chi connectivity index (χ1) is 13.9. The van der Waals surface area contributed by atoms with Gasteiger partial charge in [-0.1, -0.05) is 0 Å². The van der Waals surface area contributed by atoms with Crippen LogP contribution in [0, 0.1) is 0 Å². The predicted molar refractivity (Wildman–Crippen MR) is 112 cm³/mol. The molecule has 0 aliphatic carbocycles. The number of pyridine rings is 2. The van der Waals surface area contributed by atoms with Crippen LogP contribution in [-0.4, -0.2) is 35.2 Å². The standard InChI is InChI=1S/C21H23N7O/c1-13(2)27-12-22-10-19(27)17-6-5-15-8-23-20(7-18(15)25-17)26-21(29)16-9-24-28(11-16)14(3)4/h5-14H,1-4H3,(H,23,26,29). The molecule has 4 heterocycles. The number of amides is 1. The molecule has 8 nitrogen and oxygen atoms in total. The Bertz CT molecular complexity index is 1170. The van der Waals surface area contributed by atoms with Crippen LogP contribution in [-0.2, 0) is 0 Å². The highest BCUT2D eigenvalue weighted by Gasteiger charge is 2.13. The Morgan fingerprint density at radius 3 is 2.62 bits per heavy atom. The lowest BCUT2D eigenvalue weighted by Crippen LogP contribution is -2.12. The molecule has 1 N–H and O–H groups in total. The van der Waals surface area contributed by atoms with Crippen LogP contribution in [0.15, 0.2) is 49.3 Å². The molecule has 0 unspecified atom stereocenters. The molecule has 0 saturated heterocycles. The minimum atomic E-state index is -0.252. The molecule has 0 radical (unpaired) electrons. The Morgan fingerprint density at radius 1 is 1.07 bits per heavy atom. The molecule has 4 aromatic rings. The molecule has 0 bridgehead atoms. The number of rotatable bonds is 5. The molecule has 0 spiro atoms. The van der Waals surface area contributed by atoms with Crippen molar-refractivity contribution in [3.8, 4) is 11.4 Å². The van der Waals surface area contributed by atoms with Gasteiger partial charge in [-0.2, -0.15) is 5.10 Å². The monoisotopic (exact) mass is 389 g/mol. The van der Waals surface area contributed by atoms with Crippen molar-refractivity contribution in [2.24, 2.45) is 0 Å². The van der Waals surface area contributed by atoms with Gasteiger partial charge in [0.2, 0.25) is 0 Å². The molecule has 148 valence electrons. The highest BCUT2D eigenvalue weighted by Crippen LogP contribution is 2.24. The summed E-state index contributed by atoms with van der Waals surface area (Å²) in [5.74, 6) is 0.194. The number of nitrogens with zero attached hydrogens (tertiary/aromatic N) is 6. The highest BCUT2D eigenvalue weighted by molar-refractivity contribution is 6.04. The summed E-state index contributed by atoms with van der Waals surface area (Å²) in [7, 11) is 0. The number of nitrogens with one attached hydrogen (secondary N) is 1. The van der Waals surface area contributed by atoms with E-state index in [-0.39, 0.29) is 18.0 Å². The van der Waals surface area contributed by atoms with Crippen molar-refractivity contribution in [2.75, 3.05) is 5.32 Å². The zero-order valence-corrected chi connectivity index (χ0v) is 16.9. The number of imidazole rings is 1. The molecule has 0 fully saturated rings. The number of carbonyl (C=O) groups excluding carboxylic acids is 1. The SMILES string of the molecule is CC(C)n1cc(C(=O)Nc2cc3nc(-c4cncn4C(C)C)ccc3cn2)cn1. The number of anilines is 1. The molecule has 0 aliphatic rings. The van der Waals surface area contributed by atoms with E-state index in [1.54, 1.807) is 35.7 Å². The van der Waals surface area contributed by atoms with Crippen molar-refractivity contribution in [1.82, 2.24) is 29.3 Å². The zero-order valence-electron chi connectivity index (χ0n) is 16.9. The van der Waals surface area contributed by atoms with Gasteiger partial charge < -0.3 is 9.88 Å². The van der Waals surface area contributed by atoms with Crippen molar-refractivity contribution in [3.05, 3.63) is 54.9 Å². The molecule has 29 heavy (non-hydrogen) atoms. The molecule has 8 heteroatoms. The van der Waals surface area contributed by atoms with E-state index in [4.69, 9.17) is 4.98 Å². The Balaban J connectivity index is 1.62. The van der Waals surface area contributed by atoms with Gasteiger partial charge in [0, 0.05) is 35.9 Å². The second-order valence-corrected chi connectivity index (χ2v) is 7.50. The van der Waals surface area contributed by atoms with Crippen LogP contribution in [0.2, 0.25) is 0 Å². The van der Waals surface area contributed by atoms with Gasteiger partial charge in [0.25, 0.3) is 5.91 Å². The summed E-state index contributed by atoms with van der Waals surface area (Å²) in [6, 6.07) is 6.18. The first-order valence-corrected chi connectivity index (χ1v) is 9.57. The second kappa shape index (κ2) is 7.46. The van der Waals surface area contributed by atoms with E-state index in [1.165, 1.54) is 0 Å². The molecular formula is C21H23N7O. The summed E-state index contributed by atoms with van der Waals surface area (Å²) in [5.41, 5.74) is 3.01. The molecule has 4 aromatic heterocycles. The van der Waals surface area contributed by atoms with Crippen LogP contribution in [0.5, 0.6) is 0 Å². The van der Waals surface area contributed by atoms with Crippen LogP contribution in [0.4, 0.5) is 5.82 Å². The molecule has 0 aromatic carbocycles. The summed E-state index contributed by atoms with van der Waals surface area (Å²) in [6.07, 6.45) is 8.61. The van der Waals surface area contributed by atoms with Crippen LogP contribution in [0.3, 0.4) is 0 Å². The average molecular weight is 389 g/mol. The molecule has 4 rings (SSSR count). The van der Waals surface area contributed by atoms with E-state index >= 15 is 0 Å². The van der Waals surface area contributed by atoms with Crippen molar-refractivity contribution in [2.45, 2.75) is 39.8 Å². The van der Waals surface area contributed by atoms with E-state index in [0.29, 0.717) is 11.4 Å². The van der Waals surface area contributed by atoms with Gasteiger partial charge in [-0.3, -0.25) is 9.48 Å². The maximum absolute atomic E-state index is 12.5. The molecule has 0 aliphatic heterocycles. The summed E-state index contributed by atoms with van der Waals surface area (Å²) in [4.78, 5) is 25.9. The van der Waals surface area contributed by atoms with Crippen LogP contribution < -0.4 is 5.32 Å². The maximum atomic E-state index is 12.5. The number of fused-ring (bicyclic) bond motifs is 1. The summed E-state index contributed by atoms with van der Waals surface area (Å²) < 4.78 is 3.82. The third kappa shape index (κ3) is 3.73. The first kappa shape index (κ1) is 18.8. The lowest BCUT2D eigenvalue weighted by Gasteiger charge is -2.11. The van der Waals surface area contributed by atoms with E-state index in [0.717, 1.165) is 22.3 Å². The van der Waals surface area contributed by atoms with E-state index in [9.17, 15) is 4.79 Å². The van der Waals surface area contributed by atoms with Crippen LogP contribution in [0.25, 0.3) is 22.3 Å². The lowest BCUT2D eigenvalue weighted by molar-refractivity contribution is 0.102. The van der Waals surface area contributed by atoms with Crippen molar-refractivity contribution in [3.63, 3.8) is 0 Å². The zero-order chi connectivity index (χ0) is 20.5. The third-order valence-electron chi connectivity index (χ3n) is 4.69. The normalized spacial score (nSPS) is 11.5. The number of aromatic nitrogens is 6. The minimum Gasteiger partial charge on any atom is -0.327 e. The van der Waals surface area contributed by atoms with Crippen LogP contribution >= 0.6 is 0 Å². The molecule has 0 atom stereocenters. The maximum Gasteiger partial charge on any atom is 0.260 e. The van der Waals surface area contributed by atoms with E-state index in [2.05, 4.69) is 38.8 Å². The Hall–Kier alpha value is -3.55. The molecular weight excluding hydrogens is 366 g/mol. The van der Waals surface area contributed by atoms with Gasteiger partial charge in [-0.05, 0) is 39.8 Å². The highest BCUT2D eigenvalue weighted by atomic mass is 16.1. The van der Waals surface area contributed by atoms with Crippen molar-refractivity contribution < 1.29 is 4.79 Å². The fourth-order valence-corrected chi connectivity index (χ4v) is 3.07. The summed E-state index contributed by atoms with van der Waals surface area (Å²) >= 11 is 0. The summed E-state index contributed by atoms with van der Waals surface area (Å²) in [6.45, 7) is 8.22. The van der Waals surface area contributed by atoms with Crippen molar-refractivity contribution >= 4 is 22.6 Å². The minimum absolute atomic E-state index is 0.192. The topological polar surface area (TPSA) is 90.5 Å². The predicted octanol–water partition coefficient (Wildman–Crippen LogP) is 4.10. The van der Waals surface area contributed by atoms with E-state index < -0.39 is 0 Å². The molecule has 1 amide bonds. The van der Waals surface area contributed by atoms with Gasteiger partial charge in [-0.25, -0.2) is 15.0 Å². The Labute approximate surface area is 168 Å². The average Bonchev–Trinajstić information content (AvgIpc) is 3.37. The fraction of sp³-hybridized carbons (Fsp3) is 0.286. The Kier molecular flexibility index (Phi) is 4.84.